The van der Waals surface area contributed by atoms with Crippen LogP contribution in [0.4, 0.5) is 23.0 Å². The van der Waals surface area contributed by atoms with Gasteiger partial charge in [0.1, 0.15) is 17.1 Å². The van der Waals surface area contributed by atoms with Crippen molar-refractivity contribution >= 4 is 34.8 Å². The number of hydrogen-bond donors (Lipinski definition) is 6. The summed E-state index contributed by atoms with van der Waals surface area (Å²) in [6.45, 7) is 2.32. The largest absolute Gasteiger partial charge is 0.508 e. The zero-order valence-electron chi connectivity index (χ0n) is 18.4. The molecule has 0 spiro atoms. The Balaban J connectivity index is 1.43. The lowest BCUT2D eigenvalue weighted by molar-refractivity contribution is 0.0999. The van der Waals surface area contributed by atoms with Gasteiger partial charge in [-0.05, 0) is 61.0 Å². The number of nitrogens with two attached hydrogens (primary N) is 1. The molecule has 0 saturated carbocycles. The van der Waals surface area contributed by atoms with Crippen molar-refractivity contribution in [3.05, 3.63) is 95.1 Å². The van der Waals surface area contributed by atoms with E-state index in [4.69, 9.17) is 5.73 Å². The third-order valence-electron chi connectivity index (χ3n) is 5.10. The van der Waals surface area contributed by atoms with Crippen LogP contribution in [0, 0.1) is 6.92 Å². The van der Waals surface area contributed by atoms with E-state index in [1.54, 1.807) is 54.6 Å². The fourth-order valence-corrected chi connectivity index (χ4v) is 3.37. The van der Waals surface area contributed by atoms with Gasteiger partial charge in [-0.25, -0.2) is 0 Å². The number of primary amides is 1. The van der Waals surface area contributed by atoms with Gasteiger partial charge in [-0.15, -0.1) is 0 Å². The number of phenols is 1. The van der Waals surface area contributed by atoms with Crippen LogP contribution in [-0.4, -0.2) is 27.1 Å². The number of H-pyrrole nitrogens is 1. The highest BCUT2D eigenvalue weighted by atomic mass is 16.3. The average molecular weight is 457 g/mol. The van der Waals surface area contributed by atoms with Crippen LogP contribution in [-0.2, 0) is 6.54 Å². The summed E-state index contributed by atoms with van der Waals surface area (Å²) in [4.78, 5) is 24.5. The predicted molar refractivity (Wildman–Crippen MR) is 131 cm³/mol. The van der Waals surface area contributed by atoms with Crippen molar-refractivity contribution in [3.8, 4) is 5.75 Å². The molecule has 1 aromatic heterocycles. The van der Waals surface area contributed by atoms with E-state index in [-0.39, 0.29) is 17.2 Å². The maximum absolute atomic E-state index is 12.4. The quantitative estimate of drug-likeness (QED) is 0.235. The fourth-order valence-electron chi connectivity index (χ4n) is 3.37. The Hall–Kier alpha value is -4.79. The molecule has 0 radical (unpaired) electrons. The summed E-state index contributed by atoms with van der Waals surface area (Å²) < 4.78 is 0. The molecule has 3 aromatic carbocycles. The second-order valence-corrected chi connectivity index (χ2v) is 7.73. The number of aryl methyl sites for hydroxylation is 1. The number of anilines is 4. The van der Waals surface area contributed by atoms with E-state index in [9.17, 15) is 14.7 Å². The number of carbonyl (C=O) groups excluding carboxylic acids is 2. The number of nitrogens with zero attached hydrogens (tertiary/aromatic N) is 1. The highest BCUT2D eigenvalue weighted by Gasteiger charge is 2.18. The number of amides is 2. The first-order valence-electron chi connectivity index (χ1n) is 10.5. The van der Waals surface area contributed by atoms with Crippen LogP contribution in [0.2, 0.25) is 0 Å². The van der Waals surface area contributed by atoms with Gasteiger partial charge in [-0.2, -0.15) is 5.10 Å². The summed E-state index contributed by atoms with van der Waals surface area (Å²) in [5, 5.41) is 25.4. The van der Waals surface area contributed by atoms with Crippen LogP contribution in [0.15, 0.2) is 72.8 Å². The number of hydrogen-bond acceptors (Lipinski definition) is 6. The number of aromatic nitrogens is 2. The first kappa shape index (κ1) is 22.4. The molecule has 2 amide bonds. The molecule has 0 aliphatic heterocycles. The van der Waals surface area contributed by atoms with Crippen molar-refractivity contribution < 1.29 is 14.7 Å². The standard InChI is InChI=1S/C25H24N6O3/c1-15-3-2-4-17(13-15)25(34)29-19-9-7-18(8-10-19)28-24-21(22(26)33)23(30-31-24)27-14-16-5-11-20(32)12-6-16/h2-13,32H,14H2,1H3,(H2,26,33)(H,29,34)(H3,27,28,30,31). The number of carbonyl (C=O) groups is 2. The monoisotopic (exact) mass is 456 g/mol. The topological polar surface area (TPSA) is 145 Å². The number of nitrogens with one attached hydrogen (secondary N) is 4. The van der Waals surface area contributed by atoms with E-state index in [1.807, 2.05) is 25.1 Å². The Morgan fingerprint density at radius 2 is 1.71 bits per heavy atom. The van der Waals surface area contributed by atoms with Crippen LogP contribution < -0.4 is 21.7 Å². The highest BCUT2D eigenvalue weighted by molar-refractivity contribution is 6.05. The lowest BCUT2D eigenvalue weighted by Crippen LogP contribution is -2.15. The molecule has 4 aromatic rings. The second-order valence-electron chi connectivity index (χ2n) is 7.73. The average Bonchev–Trinajstić information content (AvgIpc) is 3.22. The summed E-state index contributed by atoms with van der Waals surface area (Å²) in [5.41, 5.74) is 9.57. The first-order valence-corrected chi connectivity index (χ1v) is 10.5. The maximum Gasteiger partial charge on any atom is 0.256 e. The van der Waals surface area contributed by atoms with Gasteiger partial charge in [-0.1, -0.05) is 29.8 Å². The van der Waals surface area contributed by atoms with Crippen LogP contribution in [0.5, 0.6) is 5.75 Å². The Morgan fingerprint density at radius 1 is 1.00 bits per heavy atom. The van der Waals surface area contributed by atoms with Gasteiger partial charge >= 0.3 is 0 Å². The molecular formula is C25H24N6O3. The lowest BCUT2D eigenvalue weighted by Gasteiger charge is -2.09. The summed E-state index contributed by atoms with van der Waals surface area (Å²) >= 11 is 0. The SMILES string of the molecule is Cc1cccc(C(=O)Nc2ccc(Nc3[nH]nc(NCc4ccc(O)cc4)c3C(N)=O)cc2)c1. The molecule has 9 heteroatoms. The molecule has 0 aliphatic carbocycles. The third-order valence-corrected chi connectivity index (χ3v) is 5.10. The van der Waals surface area contributed by atoms with E-state index in [0.717, 1.165) is 11.1 Å². The van der Waals surface area contributed by atoms with Crippen LogP contribution >= 0.6 is 0 Å². The normalized spacial score (nSPS) is 10.5. The summed E-state index contributed by atoms with van der Waals surface area (Å²) in [7, 11) is 0. The van der Waals surface area contributed by atoms with Crippen molar-refractivity contribution in [2.45, 2.75) is 13.5 Å². The molecule has 0 bridgehead atoms. The smallest absolute Gasteiger partial charge is 0.256 e. The molecule has 172 valence electrons. The van der Waals surface area contributed by atoms with Gasteiger partial charge in [0.2, 0.25) is 0 Å². The molecule has 4 rings (SSSR count). The van der Waals surface area contributed by atoms with Crippen molar-refractivity contribution in [2.75, 3.05) is 16.0 Å². The highest BCUT2D eigenvalue weighted by Crippen LogP contribution is 2.26. The van der Waals surface area contributed by atoms with Gasteiger partial charge in [0.15, 0.2) is 5.82 Å². The van der Waals surface area contributed by atoms with Crippen molar-refractivity contribution in [1.29, 1.82) is 0 Å². The molecule has 0 aliphatic rings. The predicted octanol–water partition coefficient (Wildman–Crippen LogP) is 4.13. The number of rotatable bonds is 8. The lowest BCUT2D eigenvalue weighted by atomic mass is 10.1. The van der Waals surface area contributed by atoms with Crippen LogP contribution in [0.25, 0.3) is 0 Å². The van der Waals surface area contributed by atoms with E-state index in [2.05, 4.69) is 26.1 Å². The van der Waals surface area contributed by atoms with Crippen molar-refractivity contribution in [2.24, 2.45) is 5.73 Å². The summed E-state index contributed by atoms with van der Waals surface area (Å²) in [6.07, 6.45) is 0. The van der Waals surface area contributed by atoms with Gasteiger partial charge in [-0.3, -0.25) is 14.7 Å². The van der Waals surface area contributed by atoms with Crippen molar-refractivity contribution in [1.82, 2.24) is 10.2 Å². The van der Waals surface area contributed by atoms with E-state index < -0.39 is 5.91 Å². The molecule has 7 N–H and O–H groups in total. The number of aromatic amines is 1. The van der Waals surface area contributed by atoms with Crippen LogP contribution in [0.3, 0.4) is 0 Å². The molecule has 34 heavy (non-hydrogen) atoms. The number of phenolic OH excluding ortho intramolecular Hbond substituents is 1. The molecule has 0 fully saturated rings. The van der Waals surface area contributed by atoms with Crippen LogP contribution in [0.1, 0.15) is 31.8 Å². The van der Waals surface area contributed by atoms with E-state index in [1.165, 1.54) is 0 Å². The number of aromatic hydroxyl groups is 1. The van der Waals surface area contributed by atoms with E-state index >= 15 is 0 Å². The Kier molecular flexibility index (Phi) is 6.45. The van der Waals surface area contributed by atoms with Crippen molar-refractivity contribution in [3.63, 3.8) is 0 Å². The zero-order valence-corrected chi connectivity index (χ0v) is 18.4. The Labute approximate surface area is 196 Å². The minimum absolute atomic E-state index is 0.175. The minimum Gasteiger partial charge on any atom is -0.508 e. The molecule has 0 unspecified atom stereocenters. The second kappa shape index (κ2) is 9.78. The maximum atomic E-state index is 12.4. The first-order chi connectivity index (χ1) is 16.4. The molecule has 0 atom stereocenters. The Morgan fingerprint density at radius 3 is 2.38 bits per heavy atom. The number of benzene rings is 3. The summed E-state index contributed by atoms with van der Waals surface area (Å²) in [6, 6.07) is 21.1. The fraction of sp³-hybridized carbons (Fsp3) is 0.0800. The summed E-state index contributed by atoms with van der Waals surface area (Å²) in [5.74, 6) is -0.0132. The minimum atomic E-state index is -0.647. The zero-order chi connectivity index (χ0) is 24.1. The molecular weight excluding hydrogens is 432 g/mol. The van der Waals surface area contributed by atoms with Gasteiger partial charge in [0.05, 0.1) is 0 Å². The third kappa shape index (κ3) is 5.33. The molecule has 1 heterocycles. The molecule has 0 saturated heterocycles. The molecule has 9 nitrogen and oxygen atoms in total. The van der Waals surface area contributed by atoms with Gasteiger partial charge in [0.25, 0.3) is 11.8 Å². The Bertz CT molecular complexity index is 1310. The van der Waals surface area contributed by atoms with E-state index in [0.29, 0.717) is 35.1 Å². The van der Waals surface area contributed by atoms with Gasteiger partial charge in [0, 0.05) is 23.5 Å². The van der Waals surface area contributed by atoms with Gasteiger partial charge < -0.3 is 26.8 Å².